The summed E-state index contributed by atoms with van der Waals surface area (Å²) < 4.78 is 71.2. The van der Waals surface area contributed by atoms with Crippen molar-refractivity contribution >= 4 is 87.6 Å². The fourth-order valence-electron chi connectivity index (χ4n) is 23.0. The maximum absolute atomic E-state index is 14.4. The zero-order chi connectivity index (χ0) is 96.4. The van der Waals surface area contributed by atoms with Crippen LogP contribution < -0.4 is 28.4 Å². The van der Waals surface area contributed by atoms with E-state index in [0.717, 1.165) is 162 Å². The first kappa shape index (κ1) is 110. The van der Waals surface area contributed by atoms with Crippen molar-refractivity contribution in [3.8, 4) is 34.9 Å². The van der Waals surface area contributed by atoms with Crippen LogP contribution in [0.4, 0.5) is 0 Å². The van der Waals surface area contributed by atoms with Gasteiger partial charge in [0.05, 0.1) is 131 Å². The number of aromatic nitrogens is 6. The van der Waals surface area contributed by atoms with E-state index in [2.05, 4.69) is 25.8 Å². The van der Waals surface area contributed by atoms with Crippen LogP contribution in [0.2, 0.25) is 0 Å². The number of carbonyl (C=O) groups is 6. The first-order valence-electron chi connectivity index (χ1n) is 49.4. The molecule has 3 amide bonds. The van der Waals surface area contributed by atoms with Crippen molar-refractivity contribution in [3.63, 3.8) is 0 Å². The van der Waals surface area contributed by atoms with Crippen LogP contribution in [0.25, 0.3) is 33.1 Å². The second kappa shape index (κ2) is 48.8. The van der Waals surface area contributed by atoms with Gasteiger partial charge in [0, 0.05) is 113 Å². The second-order valence-corrected chi connectivity index (χ2v) is 42.7. The molecule has 0 N–H and O–H groups in total. The van der Waals surface area contributed by atoms with Crippen LogP contribution in [-0.2, 0) is 147 Å². The van der Waals surface area contributed by atoms with Crippen LogP contribution in [0.3, 0.4) is 0 Å². The zero-order valence-corrected chi connectivity index (χ0v) is 87.6. The number of aryl methyl sites for hydroxylation is 3. The average molecular weight is 2020 g/mol. The van der Waals surface area contributed by atoms with Gasteiger partial charge in [0.15, 0.2) is 0 Å². The topological polar surface area (TPSA) is 351 Å². The van der Waals surface area contributed by atoms with E-state index in [1.165, 1.54) is 21.1 Å². The fraction of sp³-hybridized carbons (Fsp3) is 0.686. The predicted octanol–water partition coefficient (Wildman–Crippen LogP) is 15.2. The Labute approximate surface area is 849 Å². The molecule has 30 nitrogen and oxygen atoms in total. The molecule has 0 spiro atoms. The monoisotopic (exact) mass is 2020 g/mol. The van der Waals surface area contributed by atoms with Crippen molar-refractivity contribution in [2.24, 2.45) is 81.3 Å². The Morgan fingerprint density at radius 3 is 1.13 bits per heavy atom. The molecule has 10 aliphatic rings. The SMILES string of the molecule is COC[C@@H]1[C@@H]2CN(C(=O)[C@H](C(C)(C)C)CC(=O)O[C@@H]3CCC[C@H]3CCCCCc3nc4ccc(OC)cc4nc3O2)[C@@H]1[C-]=O.COC[C@@H]1[C@@H]2CN(C(=O)[C@H](C(C)(C)C)CC(=O)O[C@@H]3[C@H]4CC[C@H](C4)[C@H]3CCCCCc3nc4ccc(OC)cc4nc3O2)[C@@H]1[C-]=O.COC[C@@H]1[C@@H]2CN(C(=O)[C@H](C(C)(C)C)CC(=O)O[C@]3(C)CCC[C@H]3CCCCCc3nc4ccc(OC)cc4nc3O2)[C@@H]1[C-]=O.[V].[V].[V]. The summed E-state index contributed by atoms with van der Waals surface area (Å²) in [6, 6.07) is 14.1. The minimum absolute atomic E-state index is 0. The molecule has 0 unspecified atom stereocenters. The number of nitrogens with zero attached hydrogens (tertiary/aromatic N) is 9. The van der Waals surface area contributed by atoms with Crippen LogP contribution in [0.1, 0.15) is 240 Å². The van der Waals surface area contributed by atoms with Gasteiger partial charge in [-0.05, 0) is 205 Å². The summed E-state index contributed by atoms with van der Waals surface area (Å²) >= 11 is 0. The Hall–Kier alpha value is -8.06. The quantitative estimate of drug-likeness (QED) is 0.0624. The Balaban J connectivity index is 0.000000196. The summed E-state index contributed by atoms with van der Waals surface area (Å²) in [5.41, 5.74) is 4.19. The van der Waals surface area contributed by atoms with Crippen molar-refractivity contribution in [1.82, 2.24) is 44.6 Å². The molecule has 20 atom stereocenters. The number of benzene rings is 3. The number of rotatable bonds is 12. The predicted molar refractivity (Wildman–Crippen MR) is 504 cm³/mol. The number of methoxy groups -OCH3 is 6. The summed E-state index contributed by atoms with van der Waals surface area (Å²) in [4.78, 5) is 155. The number of ether oxygens (including phenoxy) is 12. The van der Waals surface area contributed by atoms with E-state index in [0.29, 0.717) is 94.4 Å². The normalized spacial score (nSPS) is 29.7. The van der Waals surface area contributed by atoms with Gasteiger partial charge in [-0.1, -0.05) is 119 Å². The summed E-state index contributed by atoms with van der Waals surface area (Å²) in [6.45, 7) is 20.5. The van der Waals surface area contributed by atoms with Crippen LogP contribution in [0.15, 0.2) is 54.6 Å². The van der Waals surface area contributed by atoms with E-state index in [4.69, 9.17) is 86.7 Å². The van der Waals surface area contributed by atoms with Gasteiger partial charge < -0.3 is 85.9 Å². The molecule has 33 heteroatoms. The number of esters is 3. The van der Waals surface area contributed by atoms with Gasteiger partial charge in [0.2, 0.25) is 35.4 Å². The van der Waals surface area contributed by atoms with E-state index in [9.17, 15) is 43.2 Å². The summed E-state index contributed by atoms with van der Waals surface area (Å²) in [7, 11) is 9.50. The molecule has 3 aromatic carbocycles. The molecular weight excluding hydrogens is 1880 g/mol. The van der Waals surface area contributed by atoms with E-state index in [1.54, 1.807) is 42.7 Å². The number of hydrogen-bond acceptors (Lipinski definition) is 27. The minimum atomic E-state index is -0.904. The minimum Gasteiger partial charge on any atom is -0.540 e. The molecule has 4 aliphatic carbocycles. The van der Waals surface area contributed by atoms with Crippen molar-refractivity contribution in [2.75, 3.05) is 82.1 Å². The van der Waals surface area contributed by atoms with Crippen molar-refractivity contribution in [2.45, 2.75) is 297 Å². The third-order valence-electron chi connectivity index (χ3n) is 30.7. The fourth-order valence-corrected chi connectivity index (χ4v) is 23.0. The molecule has 8 bridgehead atoms. The average Bonchev–Trinajstić information content (AvgIpc) is 1.63. The molecule has 7 fully saturated rings. The maximum atomic E-state index is 14.4. The largest absolute Gasteiger partial charge is 0.540 e. The summed E-state index contributed by atoms with van der Waals surface area (Å²) in [5.74, 6) is -0.253. The molecule has 9 heterocycles. The molecule has 3 saturated heterocycles. The zero-order valence-electron chi connectivity index (χ0n) is 83.4. The molecule has 6 aliphatic heterocycles. The molecule has 3 radical (unpaired) electrons. The van der Waals surface area contributed by atoms with Gasteiger partial charge in [0.25, 0.3) is 0 Å². The van der Waals surface area contributed by atoms with Gasteiger partial charge in [0.1, 0.15) is 70.5 Å². The van der Waals surface area contributed by atoms with Crippen molar-refractivity contribution in [3.05, 3.63) is 71.7 Å². The van der Waals surface area contributed by atoms with Crippen LogP contribution >= 0.6 is 0 Å². The number of fused-ring (bicyclic) bond motifs is 19. The van der Waals surface area contributed by atoms with Crippen LogP contribution in [0, 0.1) is 81.3 Å². The number of carbonyl (C=O) groups excluding carboxylic acids is 9. The van der Waals surface area contributed by atoms with E-state index >= 15 is 0 Å². The van der Waals surface area contributed by atoms with Crippen molar-refractivity contribution < 1.29 is 156 Å². The third kappa shape index (κ3) is 25.8. The third-order valence-corrected chi connectivity index (χ3v) is 30.7. The molecule has 6 aromatic rings. The maximum Gasteiger partial charge on any atom is 0.307 e. The van der Waals surface area contributed by atoms with E-state index < -0.39 is 93.8 Å². The Morgan fingerprint density at radius 1 is 0.384 bits per heavy atom. The standard InChI is InChI=1S/C36H48N3O7.C35H48N3O7.C34H46N3O7.3V/c1-36(2,3)26-17-32(41)46-33-22-12-11-21(15-22)24(33)9-7-6-8-10-28-34(38-29-16-23(44-5)13-14-27(29)37-28)45-31-18-39(35(26)42)30(19-40)25(31)20-43-4;1-34(2,3)25-18-31(40)45-35(4)16-10-12-22(35)11-8-7-9-13-27-32(37-28-17-23(43-6)14-15-26(28)36-27)44-30-19-38(33(25)41)29(20-39)24(30)21-42-5;1-34(2,3)24-17-31(39)43-29-13-9-11-21(29)10-7-6-8-12-26-32(36-27-16-22(42-5)14-15-25(27)35-26)44-30-18-37(33(24)40)28(19-38)23(30)20-41-4;;;/h13-14,16,21-22,24-26,30-31,33H,6-12,15,17-18,20H2,1-5H3;14-15,17,22,24-25,29-30H,7-13,16,18-19,21H2,1-6H3;14-16,21,23-24,28-30H,6-13,17-18,20H2,1-5H3;;;/q3*-1;;;/t21-,22+,24-,25+,26-,30-,31+,33-;22-,24+,25-,29-,30+,35-;21-,23+,24-,28-,29-,30+;;;/m111.../s1. The smallest absolute Gasteiger partial charge is 0.307 e. The van der Waals surface area contributed by atoms with Gasteiger partial charge in [-0.25, -0.2) is 48.8 Å². The van der Waals surface area contributed by atoms with Gasteiger partial charge in [-0.3, -0.25) is 28.8 Å². The molecule has 16 rings (SSSR count). The molecule has 3 aromatic heterocycles. The van der Waals surface area contributed by atoms with E-state index in [-0.39, 0.29) is 168 Å². The molecule has 4 saturated carbocycles. The first-order chi connectivity index (χ1) is 64.7. The number of hydrogen-bond donors (Lipinski definition) is 0. The molecule has 138 heavy (non-hydrogen) atoms. The first-order valence-corrected chi connectivity index (χ1v) is 49.4. The number of amides is 3. The Bertz CT molecular complexity index is 5190. The van der Waals surface area contributed by atoms with Gasteiger partial charge in [-0.2, -0.15) is 0 Å². The van der Waals surface area contributed by atoms with Crippen molar-refractivity contribution in [1.29, 1.82) is 0 Å². The van der Waals surface area contributed by atoms with Gasteiger partial charge >= 0.3 is 17.9 Å². The summed E-state index contributed by atoms with van der Waals surface area (Å²) in [5, 5.41) is 0. The molecular formula is C105H142N9O21V3-3. The van der Waals surface area contributed by atoms with Gasteiger partial charge in [-0.15, -0.1) is 0 Å². The van der Waals surface area contributed by atoms with Crippen LogP contribution in [-0.4, -0.2) is 235 Å². The Kier molecular flexibility index (Phi) is 39.0. The van der Waals surface area contributed by atoms with Crippen LogP contribution in [0.5, 0.6) is 34.9 Å². The Morgan fingerprint density at radius 2 is 0.746 bits per heavy atom. The molecule has 751 valence electrons. The summed E-state index contributed by atoms with van der Waals surface area (Å²) in [6.07, 6.45) is 27.3. The second-order valence-electron chi connectivity index (χ2n) is 42.7. The van der Waals surface area contributed by atoms with E-state index in [1.807, 2.05) is 117 Å².